The summed E-state index contributed by atoms with van der Waals surface area (Å²) in [5.41, 5.74) is 0. The van der Waals surface area contributed by atoms with Crippen molar-refractivity contribution in [2.45, 2.75) is 38.1 Å². The Balaban J connectivity index is 2.29. The number of hydrogen-bond acceptors (Lipinski definition) is 3. The smallest absolute Gasteiger partial charge is 0.289 e. The minimum absolute atomic E-state index is 0.367. The first-order valence-electron chi connectivity index (χ1n) is 4.48. The monoisotopic (exact) mass is 205 g/mol. The van der Waals surface area contributed by atoms with Crippen molar-refractivity contribution in [1.29, 1.82) is 0 Å². The fraction of sp³-hybridized carbons (Fsp3) is 0.750. The van der Waals surface area contributed by atoms with Crippen LogP contribution in [-0.4, -0.2) is 19.0 Å². The van der Waals surface area contributed by atoms with Gasteiger partial charge in [0.05, 0.1) is 5.41 Å². The third-order valence-electron chi connectivity index (χ3n) is 2.18. The highest BCUT2D eigenvalue weighted by Gasteiger charge is 2.10. The van der Waals surface area contributed by atoms with E-state index in [0.717, 1.165) is 18.2 Å². The topological polar surface area (TPSA) is 66.4 Å². The first-order chi connectivity index (χ1) is 6.08. The van der Waals surface area contributed by atoms with Gasteiger partial charge in [0, 0.05) is 12.2 Å². The van der Waals surface area contributed by atoms with Gasteiger partial charge in [0.2, 0.25) is 0 Å². The maximum absolute atomic E-state index is 10.3. The second-order valence-electron chi connectivity index (χ2n) is 3.32. The van der Waals surface area contributed by atoms with Crippen molar-refractivity contribution < 1.29 is 13.0 Å². The standard InChI is InChI=1S/C8H15NO3S/c10-13(11,12)7-6-9-8-4-2-1-3-5-8/h6-9H,1-5H2,(H,10,11,12)/b7-6-. The molecule has 0 bridgehead atoms. The summed E-state index contributed by atoms with van der Waals surface area (Å²) in [5.74, 6) is 0. The van der Waals surface area contributed by atoms with E-state index in [1.165, 1.54) is 25.5 Å². The van der Waals surface area contributed by atoms with Crippen LogP contribution in [0.3, 0.4) is 0 Å². The molecule has 1 aliphatic rings. The van der Waals surface area contributed by atoms with E-state index in [1.54, 1.807) is 0 Å². The average molecular weight is 205 g/mol. The molecule has 0 aromatic carbocycles. The molecule has 0 heterocycles. The average Bonchev–Trinajstić information content (AvgIpc) is 2.04. The molecule has 1 saturated carbocycles. The molecule has 1 rings (SSSR count). The third kappa shape index (κ3) is 4.90. The van der Waals surface area contributed by atoms with Crippen molar-refractivity contribution >= 4 is 10.1 Å². The van der Waals surface area contributed by atoms with Crippen LogP contribution in [0.25, 0.3) is 0 Å². The van der Waals surface area contributed by atoms with Crippen molar-refractivity contribution in [2.75, 3.05) is 0 Å². The van der Waals surface area contributed by atoms with Crippen LogP contribution >= 0.6 is 0 Å². The normalized spacial score (nSPS) is 20.7. The maximum atomic E-state index is 10.3. The number of rotatable bonds is 3. The zero-order valence-electron chi connectivity index (χ0n) is 7.44. The van der Waals surface area contributed by atoms with E-state index in [2.05, 4.69) is 5.32 Å². The summed E-state index contributed by atoms with van der Waals surface area (Å²) in [5, 5.41) is 3.74. The zero-order chi connectivity index (χ0) is 9.73. The minimum Gasteiger partial charge on any atom is -0.388 e. The Hall–Kier alpha value is -0.550. The number of nitrogens with one attached hydrogen (secondary N) is 1. The van der Waals surface area contributed by atoms with E-state index < -0.39 is 10.1 Å². The molecule has 13 heavy (non-hydrogen) atoms. The summed E-state index contributed by atoms with van der Waals surface area (Å²) in [4.78, 5) is 0. The molecule has 0 atom stereocenters. The molecule has 0 aliphatic heterocycles. The van der Waals surface area contributed by atoms with Gasteiger partial charge in [0.15, 0.2) is 0 Å². The molecule has 0 radical (unpaired) electrons. The zero-order valence-corrected chi connectivity index (χ0v) is 8.26. The largest absolute Gasteiger partial charge is 0.388 e. The minimum atomic E-state index is -3.97. The summed E-state index contributed by atoms with van der Waals surface area (Å²) >= 11 is 0. The Kier molecular flexibility index (Phi) is 3.74. The molecule has 2 N–H and O–H groups in total. The van der Waals surface area contributed by atoms with Gasteiger partial charge in [-0.1, -0.05) is 19.3 Å². The highest BCUT2D eigenvalue weighted by Crippen LogP contribution is 2.17. The molecule has 4 nitrogen and oxygen atoms in total. The lowest BCUT2D eigenvalue weighted by atomic mass is 9.96. The van der Waals surface area contributed by atoms with Crippen molar-refractivity contribution in [3.63, 3.8) is 0 Å². The van der Waals surface area contributed by atoms with Gasteiger partial charge in [-0.2, -0.15) is 8.42 Å². The van der Waals surface area contributed by atoms with Gasteiger partial charge in [-0.05, 0) is 12.8 Å². The fourth-order valence-corrected chi connectivity index (χ4v) is 1.78. The van der Waals surface area contributed by atoms with Gasteiger partial charge >= 0.3 is 0 Å². The van der Waals surface area contributed by atoms with Crippen molar-refractivity contribution in [3.05, 3.63) is 11.6 Å². The van der Waals surface area contributed by atoms with E-state index in [4.69, 9.17) is 4.55 Å². The lowest BCUT2D eigenvalue weighted by molar-refractivity contribution is 0.404. The van der Waals surface area contributed by atoms with Gasteiger partial charge in [0.1, 0.15) is 0 Å². The molecule has 0 saturated heterocycles. The van der Waals surface area contributed by atoms with E-state index in [9.17, 15) is 8.42 Å². The SMILES string of the molecule is O=S(=O)(O)/C=C\NC1CCCCC1. The van der Waals surface area contributed by atoms with Crippen molar-refractivity contribution in [2.24, 2.45) is 0 Å². The molecule has 5 heteroatoms. The maximum Gasteiger partial charge on any atom is 0.289 e. The molecular formula is C8H15NO3S. The van der Waals surface area contributed by atoms with Crippen molar-refractivity contribution in [3.8, 4) is 0 Å². The van der Waals surface area contributed by atoms with E-state index in [0.29, 0.717) is 6.04 Å². The summed E-state index contributed by atoms with van der Waals surface area (Å²) in [6, 6.07) is 0.367. The van der Waals surface area contributed by atoms with E-state index in [-0.39, 0.29) is 0 Å². The second-order valence-corrected chi connectivity index (χ2v) is 4.62. The first-order valence-corrected chi connectivity index (χ1v) is 5.98. The molecule has 0 aromatic rings. The Bertz CT molecular complexity index is 265. The van der Waals surface area contributed by atoms with Gasteiger partial charge in [-0.25, -0.2) is 0 Å². The molecule has 0 aromatic heterocycles. The number of hydrogen-bond donors (Lipinski definition) is 2. The fourth-order valence-electron chi connectivity index (χ4n) is 1.53. The summed E-state index contributed by atoms with van der Waals surface area (Å²) in [6.07, 6.45) is 7.12. The molecule has 1 aliphatic carbocycles. The Morgan fingerprint density at radius 3 is 2.38 bits per heavy atom. The van der Waals surface area contributed by atoms with Crippen LogP contribution in [0.2, 0.25) is 0 Å². The highest BCUT2D eigenvalue weighted by atomic mass is 32.2. The van der Waals surface area contributed by atoms with Crippen LogP contribution in [0, 0.1) is 0 Å². The lowest BCUT2D eigenvalue weighted by Crippen LogP contribution is -2.26. The van der Waals surface area contributed by atoms with Gasteiger partial charge in [-0.15, -0.1) is 0 Å². The summed E-state index contributed by atoms with van der Waals surface area (Å²) in [7, 11) is -3.97. The van der Waals surface area contributed by atoms with Crippen LogP contribution in [0.1, 0.15) is 32.1 Å². The van der Waals surface area contributed by atoms with E-state index in [1.807, 2.05) is 0 Å². The quantitative estimate of drug-likeness (QED) is 0.681. The van der Waals surface area contributed by atoms with Crippen LogP contribution in [0.15, 0.2) is 11.6 Å². The Morgan fingerprint density at radius 2 is 1.85 bits per heavy atom. The molecule has 1 fully saturated rings. The second kappa shape index (κ2) is 4.62. The lowest BCUT2D eigenvalue weighted by Gasteiger charge is -2.21. The Labute approximate surface area is 78.8 Å². The molecular weight excluding hydrogens is 190 g/mol. The molecule has 0 unspecified atom stereocenters. The predicted octanol–water partition coefficient (Wildman–Crippen LogP) is 1.27. The molecule has 76 valence electrons. The van der Waals surface area contributed by atoms with E-state index >= 15 is 0 Å². The van der Waals surface area contributed by atoms with Crippen LogP contribution in [0.5, 0.6) is 0 Å². The predicted molar refractivity (Wildman–Crippen MR) is 50.7 cm³/mol. The van der Waals surface area contributed by atoms with Crippen LogP contribution < -0.4 is 5.32 Å². The summed E-state index contributed by atoms with van der Waals surface area (Å²) in [6.45, 7) is 0. The van der Waals surface area contributed by atoms with Crippen LogP contribution in [-0.2, 0) is 10.1 Å². The molecule has 0 spiro atoms. The highest BCUT2D eigenvalue weighted by molar-refractivity contribution is 7.88. The first kappa shape index (κ1) is 10.5. The van der Waals surface area contributed by atoms with Gasteiger partial charge < -0.3 is 5.32 Å². The summed E-state index contributed by atoms with van der Waals surface area (Å²) < 4.78 is 29.0. The molecule has 0 amide bonds. The third-order valence-corrected chi connectivity index (χ3v) is 2.66. The Morgan fingerprint density at radius 1 is 1.23 bits per heavy atom. The van der Waals surface area contributed by atoms with Crippen LogP contribution in [0.4, 0.5) is 0 Å². The van der Waals surface area contributed by atoms with Gasteiger partial charge in [-0.3, -0.25) is 4.55 Å². The van der Waals surface area contributed by atoms with Gasteiger partial charge in [0.25, 0.3) is 10.1 Å². The van der Waals surface area contributed by atoms with Crippen molar-refractivity contribution in [1.82, 2.24) is 5.32 Å².